The molecule has 6 nitrogen and oxygen atoms in total. The summed E-state index contributed by atoms with van der Waals surface area (Å²) in [6.07, 6.45) is 3.69. The van der Waals surface area contributed by atoms with Gasteiger partial charge in [-0.2, -0.15) is 4.68 Å². The first-order chi connectivity index (χ1) is 10.2. The van der Waals surface area contributed by atoms with Crippen LogP contribution in [-0.4, -0.2) is 44.1 Å². The molecule has 7 heteroatoms. The third-order valence-corrected chi connectivity index (χ3v) is 4.63. The smallest absolute Gasteiger partial charge is 0.266 e. The van der Waals surface area contributed by atoms with Crippen LogP contribution < -0.4 is 0 Å². The molecule has 0 aromatic carbocycles. The minimum atomic E-state index is 0.0601. The molecule has 0 fully saturated rings. The van der Waals surface area contributed by atoms with Crippen molar-refractivity contribution < 1.29 is 4.79 Å². The van der Waals surface area contributed by atoms with Crippen molar-refractivity contribution in [3.8, 4) is 5.69 Å². The number of nitrogens with zero attached hydrogens (tertiary/aromatic N) is 5. The van der Waals surface area contributed by atoms with E-state index >= 15 is 0 Å². The molecule has 0 aliphatic carbocycles. The number of thiophene rings is 1. The van der Waals surface area contributed by atoms with Crippen LogP contribution in [0.25, 0.3) is 5.69 Å². The van der Waals surface area contributed by atoms with Gasteiger partial charge in [0.1, 0.15) is 11.2 Å². The lowest BCUT2D eigenvalue weighted by Gasteiger charge is -2.25. The Morgan fingerprint density at radius 1 is 1.38 bits per heavy atom. The minimum absolute atomic E-state index is 0.0601. The van der Waals surface area contributed by atoms with Crippen LogP contribution in [0.15, 0.2) is 17.8 Å². The van der Waals surface area contributed by atoms with Crippen molar-refractivity contribution in [1.29, 1.82) is 0 Å². The molecule has 2 rings (SSSR count). The Bertz CT molecular complexity index is 562. The van der Waals surface area contributed by atoms with E-state index in [1.807, 2.05) is 23.3 Å². The molecule has 0 saturated heterocycles. The Hall–Kier alpha value is -1.76. The van der Waals surface area contributed by atoms with Crippen LogP contribution in [-0.2, 0) is 0 Å². The molecule has 2 heterocycles. The molecule has 0 atom stereocenters. The maximum atomic E-state index is 12.8. The van der Waals surface area contributed by atoms with E-state index in [0.29, 0.717) is 17.3 Å². The quantitative estimate of drug-likeness (QED) is 0.789. The summed E-state index contributed by atoms with van der Waals surface area (Å²) in [5.74, 6) is 0.607. The Kier molecular flexibility index (Phi) is 5.44. The predicted molar refractivity (Wildman–Crippen MR) is 82.7 cm³/mol. The molecule has 0 spiro atoms. The first-order valence-corrected chi connectivity index (χ1v) is 8.19. The maximum absolute atomic E-state index is 12.8. The monoisotopic (exact) mass is 307 g/mol. The van der Waals surface area contributed by atoms with E-state index in [1.165, 1.54) is 22.3 Å². The molecule has 0 saturated carbocycles. The van der Waals surface area contributed by atoms with Crippen molar-refractivity contribution in [3.05, 3.63) is 22.7 Å². The van der Waals surface area contributed by atoms with Gasteiger partial charge in [0.05, 0.1) is 5.69 Å². The van der Waals surface area contributed by atoms with Gasteiger partial charge >= 0.3 is 0 Å². The second-order valence-electron chi connectivity index (χ2n) is 4.92. The average molecular weight is 307 g/mol. The van der Waals surface area contributed by atoms with Crippen molar-refractivity contribution in [2.75, 3.05) is 13.1 Å². The molecular formula is C14H21N5OS. The Balaban J connectivity index is 2.21. The third-order valence-electron chi connectivity index (χ3n) is 3.74. The molecule has 0 bridgehead atoms. The van der Waals surface area contributed by atoms with E-state index in [4.69, 9.17) is 0 Å². The fourth-order valence-corrected chi connectivity index (χ4v) is 3.12. The second-order valence-corrected chi connectivity index (χ2v) is 5.83. The van der Waals surface area contributed by atoms with E-state index in [2.05, 4.69) is 29.4 Å². The number of rotatable bonds is 7. The highest BCUT2D eigenvalue weighted by Gasteiger charge is 2.22. The summed E-state index contributed by atoms with van der Waals surface area (Å²) in [5.41, 5.74) is 0.748. The number of carbonyl (C=O) groups is 1. The molecule has 0 aliphatic rings. The van der Waals surface area contributed by atoms with Crippen molar-refractivity contribution >= 4 is 17.2 Å². The fraction of sp³-hybridized carbons (Fsp3) is 0.571. The minimum Gasteiger partial charge on any atom is -0.338 e. The van der Waals surface area contributed by atoms with Crippen LogP contribution >= 0.6 is 11.3 Å². The molecule has 2 aromatic rings. The highest BCUT2D eigenvalue weighted by molar-refractivity contribution is 7.12. The van der Waals surface area contributed by atoms with Gasteiger partial charge in [0.25, 0.3) is 5.91 Å². The third kappa shape index (κ3) is 3.47. The van der Waals surface area contributed by atoms with E-state index in [1.54, 1.807) is 0 Å². The molecule has 0 radical (unpaired) electrons. The van der Waals surface area contributed by atoms with E-state index < -0.39 is 0 Å². The van der Waals surface area contributed by atoms with Crippen molar-refractivity contribution in [2.24, 2.45) is 5.92 Å². The lowest BCUT2D eigenvalue weighted by Crippen LogP contribution is -2.35. The van der Waals surface area contributed by atoms with E-state index in [9.17, 15) is 4.79 Å². The number of aromatic nitrogens is 4. The van der Waals surface area contributed by atoms with Crippen LogP contribution in [0.4, 0.5) is 0 Å². The summed E-state index contributed by atoms with van der Waals surface area (Å²) >= 11 is 1.43. The number of tetrazole rings is 1. The summed E-state index contributed by atoms with van der Waals surface area (Å²) in [6, 6.07) is 1.87. The van der Waals surface area contributed by atoms with Gasteiger partial charge in [0, 0.05) is 13.1 Å². The largest absolute Gasteiger partial charge is 0.338 e. The molecule has 1 amide bonds. The maximum Gasteiger partial charge on any atom is 0.266 e. The van der Waals surface area contributed by atoms with Crippen LogP contribution in [0.2, 0.25) is 0 Å². The summed E-state index contributed by atoms with van der Waals surface area (Å²) in [4.78, 5) is 15.4. The Morgan fingerprint density at radius 2 is 2.14 bits per heavy atom. The van der Waals surface area contributed by atoms with Crippen molar-refractivity contribution in [3.63, 3.8) is 0 Å². The summed E-state index contributed by atoms with van der Waals surface area (Å²) in [6.45, 7) is 7.87. The van der Waals surface area contributed by atoms with Crippen molar-refractivity contribution in [1.82, 2.24) is 25.1 Å². The zero-order valence-corrected chi connectivity index (χ0v) is 13.5. The average Bonchev–Trinajstić information content (AvgIpc) is 3.18. The SMILES string of the molecule is CCC(CC)CN(CC)C(=O)c1sccc1-n1cnnn1. The van der Waals surface area contributed by atoms with E-state index in [0.717, 1.165) is 25.1 Å². The van der Waals surface area contributed by atoms with Crippen molar-refractivity contribution in [2.45, 2.75) is 33.6 Å². The van der Waals surface area contributed by atoms with Gasteiger partial charge in [-0.15, -0.1) is 16.4 Å². The molecule has 114 valence electrons. The van der Waals surface area contributed by atoms with Gasteiger partial charge in [0.2, 0.25) is 0 Å². The first-order valence-electron chi connectivity index (χ1n) is 7.31. The van der Waals surface area contributed by atoms with Gasteiger partial charge < -0.3 is 4.90 Å². The topological polar surface area (TPSA) is 63.9 Å². The molecule has 0 aliphatic heterocycles. The zero-order chi connectivity index (χ0) is 15.2. The fourth-order valence-electron chi connectivity index (χ4n) is 2.27. The Morgan fingerprint density at radius 3 is 2.71 bits per heavy atom. The highest BCUT2D eigenvalue weighted by Crippen LogP contribution is 2.23. The number of hydrogen-bond donors (Lipinski definition) is 0. The number of amides is 1. The van der Waals surface area contributed by atoms with Crippen LogP contribution in [0.1, 0.15) is 43.3 Å². The first kappa shape index (κ1) is 15.6. The van der Waals surface area contributed by atoms with Crippen LogP contribution in [0.5, 0.6) is 0 Å². The molecular weight excluding hydrogens is 286 g/mol. The number of hydrogen-bond acceptors (Lipinski definition) is 5. The summed E-state index contributed by atoms with van der Waals surface area (Å²) < 4.78 is 1.54. The standard InChI is InChI=1S/C14H21N5OS/c1-4-11(5-2)9-18(6-3)14(20)13-12(7-8-21-13)19-10-15-16-17-19/h7-8,10-11H,4-6,9H2,1-3H3. The normalized spacial score (nSPS) is 11.0. The molecule has 0 N–H and O–H groups in total. The lowest BCUT2D eigenvalue weighted by molar-refractivity contribution is 0.0739. The van der Waals surface area contributed by atoms with Gasteiger partial charge in [-0.25, -0.2) is 0 Å². The highest BCUT2D eigenvalue weighted by atomic mass is 32.1. The Labute approximate surface area is 128 Å². The zero-order valence-electron chi connectivity index (χ0n) is 12.7. The molecule has 2 aromatic heterocycles. The van der Waals surface area contributed by atoms with Gasteiger partial charge in [0.15, 0.2) is 0 Å². The van der Waals surface area contributed by atoms with Crippen LogP contribution in [0.3, 0.4) is 0 Å². The predicted octanol–water partition coefficient (Wildman–Crippen LogP) is 2.62. The second kappa shape index (κ2) is 7.31. The van der Waals surface area contributed by atoms with Gasteiger partial charge in [-0.05, 0) is 34.7 Å². The number of carbonyl (C=O) groups excluding carboxylic acids is 1. The van der Waals surface area contributed by atoms with Crippen LogP contribution in [0, 0.1) is 5.92 Å². The van der Waals surface area contributed by atoms with Gasteiger partial charge in [-0.3, -0.25) is 4.79 Å². The molecule has 0 unspecified atom stereocenters. The summed E-state index contributed by atoms with van der Waals surface area (Å²) in [5, 5.41) is 13.0. The summed E-state index contributed by atoms with van der Waals surface area (Å²) in [7, 11) is 0. The van der Waals surface area contributed by atoms with E-state index in [-0.39, 0.29) is 5.91 Å². The van der Waals surface area contributed by atoms with Gasteiger partial charge in [-0.1, -0.05) is 26.7 Å². The lowest BCUT2D eigenvalue weighted by atomic mass is 10.0. The molecule has 21 heavy (non-hydrogen) atoms.